The van der Waals surface area contributed by atoms with Gasteiger partial charge in [-0.3, -0.25) is 9.59 Å². The Morgan fingerprint density at radius 3 is 2.25 bits per heavy atom. The van der Waals surface area contributed by atoms with Crippen molar-refractivity contribution in [2.24, 2.45) is 0 Å². The molecule has 0 atom stereocenters. The van der Waals surface area contributed by atoms with Crippen molar-refractivity contribution in [3.8, 4) is 0 Å². The second-order valence-electron chi connectivity index (χ2n) is 11.1. The number of amides is 2. The van der Waals surface area contributed by atoms with Crippen LogP contribution < -0.4 is 0 Å². The highest BCUT2D eigenvalue weighted by Gasteiger charge is 2.25. The number of unbranched alkanes of at least 4 members (excludes halogenated alkanes) is 2. The van der Waals surface area contributed by atoms with Gasteiger partial charge in [-0.1, -0.05) is 79.9 Å². The highest BCUT2D eigenvalue weighted by molar-refractivity contribution is 5.96. The quantitative estimate of drug-likeness (QED) is 0.182. The molecule has 0 radical (unpaired) electrons. The number of nitrogens with one attached hydrogen (secondary N) is 1. The second kappa shape index (κ2) is 14.0. The van der Waals surface area contributed by atoms with E-state index in [0.717, 1.165) is 30.3 Å². The number of aromatic nitrogens is 1. The van der Waals surface area contributed by atoms with Crippen LogP contribution in [-0.4, -0.2) is 45.7 Å². The first-order valence-electron chi connectivity index (χ1n) is 14.6. The monoisotopic (exact) mass is 537 g/mol. The molecule has 0 aliphatic heterocycles. The zero-order valence-electron chi connectivity index (χ0n) is 24.5. The summed E-state index contributed by atoms with van der Waals surface area (Å²) in [5.41, 5.74) is 6.44. The number of hydrogen-bond acceptors (Lipinski definition) is 2. The van der Waals surface area contributed by atoms with E-state index in [1.54, 1.807) is 4.90 Å². The van der Waals surface area contributed by atoms with Crippen molar-refractivity contribution in [1.29, 1.82) is 0 Å². The molecule has 0 bridgehead atoms. The van der Waals surface area contributed by atoms with Crippen LogP contribution in [0.3, 0.4) is 0 Å². The number of fused-ring (bicyclic) bond motifs is 1. The van der Waals surface area contributed by atoms with Gasteiger partial charge < -0.3 is 14.8 Å². The zero-order chi connectivity index (χ0) is 28.5. The average Bonchev–Trinajstić information content (AvgIpc) is 3.38. The van der Waals surface area contributed by atoms with Crippen molar-refractivity contribution in [2.45, 2.75) is 72.4 Å². The molecule has 40 heavy (non-hydrogen) atoms. The van der Waals surface area contributed by atoms with Crippen LogP contribution in [0.4, 0.5) is 0 Å². The third kappa shape index (κ3) is 7.62. The maximum atomic E-state index is 13.8. The lowest BCUT2D eigenvalue weighted by Crippen LogP contribution is -2.46. The number of carbonyl (C=O) groups excluding carboxylic acids is 2. The lowest BCUT2D eigenvalue weighted by atomic mass is 10.0. The van der Waals surface area contributed by atoms with E-state index < -0.39 is 0 Å². The van der Waals surface area contributed by atoms with E-state index >= 15 is 0 Å². The number of para-hydroxylation sites is 1. The van der Waals surface area contributed by atoms with Gasteiger partial charge in [-0.2, -0.15) is 0 Å². The molecule has 0 spiro atoms. The summed E-state index contributed by atoms with van der Waals surface area (Å²) in [6.45, 7) is 9.34. The fourth-order valence-electron chi connectivity index (χ4n) is 5.09. The van der Waals surface area contributed by atoms with Gasteiger partial charge in [0.25, 0.3) is 5.91 Å². The van der Waals surface area contributed by atoms with E-state index in [1.807, 2.05) is 61.3 Å². The van der Waals surface area contributed by atoms with E-state index in [0.29, 0.717) is 18.7 Å². The molecule has 0 aliphatic rings. The smallest absolute Gasteiger partial charge is 0.254 e. The number of H-pyrrole nitrogens is 1. The molecule has 0 aliphatic carbocycles. The first-order valence-corrected chi connectivity index (χ1v) is 14.6. The molecule has 4 rings (SSSR count). The van der Waals surface area contributed by atoms with Crippen molar-refractivity contribution in [1.82, 2.24) is 14.8 Å². The predicted molar refractivity (Wildman–Crippen MR) is 164 cm³/mol. The Kier molecular flexibility index (Phi) is 10.2. The third-order valence-corrected chi connectivity index (χ3v) is 7.63. The summed E-state index contributed by atoms with van der Waals surface area (Å²) >= 11 is 0. The molecule has 4 aromatic rings. The Balaban J connectivity index is 1.49. The summed E-state index contributed by atoms with van der Waals surface area (Å²) in [5.74, 6) is -0.144. The van der Waals surface area contributed by atoms with E-state index in [2.05, 4.69) is 55.2 Å². The van der Waals surface area contributed by atoms with Gasteiger partial charge >= 0.3 is 0 Å². The van der Waals surface area contributed by atoms with Crippen molar-refractivity contribution >= 4 is 22.7 Å². The number of aromatic amines is 1. The molecule has 5 heteroatoms. The van der Waals surface area contributed by atoms with Crippen LogP contribution in [-0.2, 0) is 24.2 Å². The minimum Gasteiger partial charge on any atom is -0.361 e. The summed E-state index contributed by atoms with van der Waals surface area (Å²) in [5, 5.41) is 1.18. The van der Waals surface area contributed by atoms with E-state index in [1.165, 1.54) is 34.9 Å². The summed E-state index contributed by atoms with van der Waals surface area (Å²) < 4.78 is 0. The molecule has 0 fully saturated rings. The minimum absolute atomic E-state index is 0.0429. The van der Waals surface area contributed by atoms with Crippen LogP contribution >= 0.6 is 0 Å². The molecule has 1 N–H and O–H groups in total. The number of nitrogens with zero attached hydrogens (tertiary/aromatic N) is 2. The molecular formula is C35H43N3O2. The molecule has 1 heterocycles. The van der Waals surface area contributed by atoms with Crippen LogP contribution in [0, 0.1) is 6.92 Å². The molecule has 0 saturated heterocycles. The largest absolute Gasteiger partial charge is 0.361 e. The topological polar surface area (TPSA) is 56.4 Å². The Hall–Kier alpha value is -3.86. The van der Waals surface area contributed by atoms with Crippen LogP contribution in [0.15, 0.2) is 79.0 Å². The van der Waals surface area contributed by atoms with Crippen molar-refractivity contribution in [3.63, 3.8) is 0 Å². The minimum atomic E-state index is -0.102. The average molecular weight is 538 g/mol. The van der Waals surface area contributed by atoms with Crippen molar-refractivity contribution in [2.75, 3.05) is 13.1 Å². The fraction of sp³-hybridized carbons (Fsp3) is 0.371. The number of benzene rings is 3. The van der Waals surface area contributed by atoms with Gasteiger partial charge in [0, 0.05) is 41.8 Å². The highest BCUT2D eigenvalue weighted by Crippen LogP contribution is 2.20. The second-order valence-corrected chi connectivity index (χ2v) is 11.1. The highest BCUT2D eigenvalue weighted by atomic mass is 16.2. The van der Waals surface area contributed by atoms with Gasteiger partial charge in [0.2, 0.25) is 5.91 Å². The molecule has 210 valence electrons. The lowest BCUT2D eigenvalue weighted by molar-refractivity contribution is -0.132. The molecule has 5 nitrogen and oxygen atoms in total. The zero-order valence-corrected chi connectivity index (χ0v) is 24.5. The first kappa shape index (κ1) is 29.1. The standard InChI is InChI=1S/C35H43N3O2/c1-5-6-7-10-28-17-19-30(20-18-28)35(40)38(26(2)3)25-34(39)37(24-29-15-13-27(4)14-16-29)22-21-31-23-36-33-12-9-8-11-32(31)33/h8-9,11-20,23,26,36H,5-7,10,21-22,24-25H2,1-4H3. The number of hydrogen-bond donors (Lipinski definition) is 1. The van der Waals surface area contributed by atoms with E-state index in [4.69, 9.17) is 0 Å². The summed E-state index contributed by atoms with van der Waals surface area (Å²) in [7, 11) is 0. The third-order valence-electron chi connectivity index (χ3n) is 7.63. The van der Waals surface area contributed by atoms with E-state index in [9.17, 15) is 9.59 Å². The Morgan fingerprint density at radius 2 is 1.55 bits per heavy atom. The SMILES string of the molecule is CCCCCc1ccc(C(=O)N(CC(=O)N(CCc2c[nH]c3ccccc23)Cc2ccc(C)cc2)C(C)C)cc1. The predicted octanol–water partition coefficient (Wildman–Crippen LogP) is 7.33. The molecule has 0 saturated carbocycles. The van der Waals surface area contributed by atoms with Gasteiger partial charge in [-0.25, -0.2) is 0 Å². The van der Waals surface area contributed by atoms with Crippen LogP contribution in [0.5, 0.6) is 0 Å². The molecule has 3 aromatic carbocycles. The lowest BCUT2D eigenvalue weighted by Gasteiger charge is -2.30. The van der Waals surface area contributed by atoms with Gasteiger partial charge in [0.05, 0.1) is 0 Å². The number of aryl methyl sites for hydroxylation is 2. The number of rotatable bonds is 13. The van der Waals surface area contributed by atoms with Crippen LogP contribution in [0.1, 0.15) is 72.6 Å². The number of carbonyl (C=O) groups is 2. The summed E-state index contributed by atoms with van der Waals surface area (Å²) in [4.78, 5) is 34.3. The van der Waals surface area contributed by atoms with Gasteiger partial charge in [0.1, 0.15) is 6.54 Å². The molecule has 1 aromatic heterocycles. The van der Waals surface area contributed by atoms with Gasteiger partial charge in [0.15, 0.2) is 0 Å². The van der Waals surface area contributed by atoms with Gasteiger partial charge in [-0.15, -0.1) is 0 Å². The normalized spacial score (nSPS) is 11.2. The van der Waals surface area contributed by atoms with Crippen LogP contribution in [0.2, 0.25) is 0 Å². The molecular weight excluding hydrogens is 494 g/mol. The molecule has 2 amide bonds. The van der Waals surface area contributed by atoms with Crippen LogP contribution in [0.25, 0.3) is 10.9 Å². The summed E-state index contributed by atoms with van der Waals surface area (Å²) in [6.07, 6.45) is 7.36. The van der Waals surface area contributed by atoms with E-state index in [-0.39, 0.29) is 24.4 Å². The summed E-state index contributed by atoms with van der Waals surface area (Å²) in [6, 6.07) is 24.4. The van der Waals surface area contributed by atoms with Gasteiger partial charge in [-0.05, 0) is 74.9 Å². The Bertz CT molecular complexity index is 1390. The first-order chi connectivity index (χ1) is 19.4. The maximum Gasteiger partial charge on any atom is 0.254 e. The van der Waals surface area contributed by atoms with Crippen molar-refractivity contribution < 1.29 is 9.59 Å². The maximum absolute atomic E-state index is 13.8. The van der Waals surface area contributed by atoms with Crippen molar-refractivity contribution in [3.05, 3.63) is 107 Å². The fourth-order valence-corrected chi connectivity index (χ4v) is 5.09. The Labute approximate surface area is 239 Å². The Morgan fingerprint density at radius 1 is 0.850 bits per heavy atom. The molecule has 0 unspecified atom stereocenters.